The van der Waals surface area contributed by atoms with Gasteiger partial charge in [-0.25, -0.2) is 0 Å². The van der Waals surface area contributed by atoms with Gasteiger partial charge in [0.2, 0.25) is 0 Å². The maximum Gasteiger partial charge on any atom is 0.119 e. The molecule has 0 aromatic heterocycles. The molecule has 2 N–H and O–H groups in total. The number of halogens is 1. The molecule has 152 valence electrons. The monoisotopic (exact) mass is 394 g/mol. The first-order valence-electron chi connectivity index (χ1n) is 10.5. The van der Waals surface area contributed by atoms with Gasteiger partial charge >= 0.3 is 0 Å². The smallest absolute Gasteiger partial charge is 0.119 e. The maximum atomic E-state index is 5.73. The summed E-state index contributed by atoms with van der Waals surface area (Å²) in [6, 6.07) is 9.92. The van der Waals surface area contributed by atoms with Crippen molar-refractivity contribution in [1.82, 2.24) is 10.6 Å². The first-order valence-corrected chi connectivity index (χ1v) is 10.5. The van der Waals surface area contributed by atoms with E-state index in [0.717, 1.165) is 32.1 Å². The minimum atomic E-state index is 0. The summed E-state index contributed by atoms with van der Waals surface area (Å²) in [4.78, 5) is 0. The van der Waals surface area contributed by atoms with E-state index in [4.69, 9.17) is 9.47 Å². The predicted octanol–water partition coefficient (Wildman–Crippen LogP) is 3.68. The molecule has 2 aliphatic carbocycles. The van der Waals surface area contributed by atoms with Crippen molar-refractivity contribution in [2.75, 3.05) is 33.4 Å². The summed E-state index contributed by atoms with van der Waals surface area (Å²) in [5.74, 6) is 1.69. The number of benzene rings is 1. The first kappa shape index (κ1) is 20.9. The third-order valence-electron chi connectivity index (χ3n) is 6.98. The van der Waals surface area contributed by atoms with Crippen molar-refractivity contribution in [2.24, 2.45) is 5.92 Å². The van der Waals surface area contributed by atoms with E-state index in [1.165, 1.54) is 50.5 Å². The van der Waals surface area contributed by atoms with Gasteiger partial charge in [-0.15, -0.1) is 12.4 Å². The summed E-state index contributed by atoms with van der Waals surface area (Å²) in [5, 5.41) is 7.71. The Morgan fingerprint density at radius 2 is 2.07 bits per heavy atom. The van der Waals surface area contributed by atoms with Gasteiger partial charge in [-0.1, -0.05) is 31.4 Å². The molecule has 5 heteroatoms. The third-order valence-corrected chi connectivity index (χ3v) is 6.98. The van der Waals surface area contributed by atoms with Crippen LogP contribution in [-0.4, -0.2) is 45.5 Å². The van der Waals surface area contributed by atoms with Crippen molar-refractivity contribution in [3.63, 3.8) is 0 Å². The number of ether oxygens (including phenoxy) is 2. The summed E-state index contributed by atoms with van der Waals surface area (Å²) in [6.07, 6.45) is 9.22. The van der Waals surface area contributed by atoms with E-state index in [-0.39, 0.29) is 17.8 Å². The fourth-order valence-corrected chi connectivity index (χ4v) is 5.48. The van der Waals surface area contributed by atoms with Crippen molar-refractivity contribution in [2.45, 2.75) is 62.4 Å². The Bertz CT molecular complexity index is 585. The van der Waals surface area contributed by atoms with Gasteiger partial charge in [0, 0.05) is 30.6 Å². The van der Waals surface area contributed by atoms with Crippen LogP contribution in [-0.2, 0) is 10.2 Å². The molecule has 4 rings (SSSR count). The largest absolute Gasteiger partial charge is 0.497 e. The predicted molar refractivity (Wildman–Crippen MR) is 112 cm³/mol. The fourth-order valence-electron chi connectivity index (χ4n) is 5.48. The van der Waals surface area contributed by atoms with E-state index in [2.05, 4.69) is 34.9 Å². The van der Waals surface area contributed by atoms with Crippen LogP contribution in [0.5, 0.6) is 5.75 Å². The van der Waals surface area contributed by atoms with Crippen LogP contribution < -0.4 is 15.4 Å². The van der Waals surface area contributed by atoms with Crippen molar-refractivity contribution in [3.05, 3.63) is 29.8 Å². The molecule has 2 saturated carbocycles. The number of methoxy groups -OCH3 is 1. The lowest BCUT2D eigenvalue weighted by Crippen LogP contribution is -2.52. The zero-order valence-corrected chi connectivity index (χ0v) is 17.4. The molecule has 1 heterocycles. The van der Waals surface area contributed by atoms with Crippen LogP contribution in [0.15, 0.2) is 24.3 Å². The Labute approximate surface area is 170 Å². The number of nitrogens with one attached hydrogen (secondary N) is 2. The second-order valence-corrected chi connectivity index (χ2v) is 8.44. The van der Waals surface area contributed by atoms with Gasteiger partial charge in [-0.05, 0) is 49.3 Å². The Balaban J connectivity index is 0.00000210. The van der Waals surface area contributed by atoms with Gasteiger partial charge in [-0.3, -0.25) is 0 Å². The van der Waals surface area contributed by atoms with E-state index < -0.39 is 0 Å². The number of hydrogen-bond donors (Lipinski definition) is 2. The zero-order chi connectivity index (χ0) is 17.8. The van der Waals surface area contributed by atoms with E-state index in [1.54, 1.807) is 7.11 Å². The van der Waals surface area contributed by atoms with E-state index in [0.29, 0.717) is 18.0 Å². The number of hydrogen-bond acceptors (Lipinski definition) is 4. The van der Waals surface area contributed by atoms with Crippen molar-refractivity contribution < 1.29 is 9.47 Å². The Morgan fingerprint density at radius 1 is 1.22 bits per heavy atom. The highest BCUT2D eigenvalue weighted by atomic mass is 35.5. The van der Waals surface area contributed by atoms with Gasteiger partial charge in [0.25, 0.3) is 0 Å². The number of morpholine rings is 1. The van der Waals surface area contributed by atoms with Gasteiger partial charge in [0.05, 0.1) is 20.3 Å². The fraction of sp³-hybridized carbons (Fsp3) is 0.727. The molecule has 0 bridgehead atoms. The summed E-state index contributed by atoms with van der Waals surface area (Å²) >= 11 is 0. The Kier molecular flexibility index (Phi) is 7.43. The van der Waals surface area contributed by atoms with Crippen LogP contribution in [0.1, 0.15) is 50.5 Å². The normalized spacial score (nSPS) is 30.0. The van der Waals surface area contributed by atoms with Crippen molar-refractivity contribution in [3.8, 4) is 5.75 Å². The first-order chi connectivity index (χ1) is 12.8. The van der Waals surface area contributed by atoms with Crippen molar-refractivity contribution in [1.29, 1.82) is 0 Å². The standard InChI is InChI=1S/C22H34N2O2.ClH/c1-25-18-7-4-6-17(14-18)22(10-2-3-11-22)16-24-20-9-5-8-19(20)21-15-26-13-12-23-21;/h4,6-7,14,19-21,23-24H,2-3,5,8-13,15-16H2,1H3;1H. The lowest BCUT2D eigenvalue weighted by atomic mass is 9.78. The van der Waals surface area contributed by atoms with E-state index >= 15 is 0 Å². The van der Waals surface area contributed by atoms with Crippen LogP contribution in [0.2, 0.25) is 0 Å². The molecule has 0 spiro atoms. The van der Waals surface area contributed by atoms with Crippen LogP contribution in [0.3, 0.4) is 0 Å². The van der Waals surface area contributed by atoms with Gasteiger partial charge in [0.1, 0.15) is 5.75 Å². The highest BCUT2D eigenvalue weighted by Crippen LogP contribution is 2.42. The summed E-state index contributed by atoms with van der Waals surface area (Å²) in [5.41, 5.74) is 1.73. The summed E-state index contributed by atoms with van der Waals surface area (Å²) < 4.78 is 11.2. The molecule has 3 aliphatic rings. The van der Waals surface area contributed by atoms with Crippen LogP contribution in [0.4, 0.5) is 0 Å². The molecular weight excluding hydrogens is 360 g/mol. The molecule has 3 unspecified atom stereocenters. The quantitative estimate of drug-likeness (QED) is 0.772. The van der Waals surface area contributed by atoms with E-state index in [9.17, 15) is 0 Å². The van der Waals surface area contributed by atoms with Gasteiger partial charge in [-0.2, -0.15) is 0 Å². The molecule has 0 radical (unpaired) electrons. The van der Waals surface area contributed by atoms with Crippen LogP contribution >= 0.6 is 12.4 Å². The van der Waals surface area contributed by atoms with Crippen LogP contribution in [0.25, 0.3) is 0 Å². The van der Waals surface area contributed by atoms with E-state index in [1.807, 2.05) is 0 Å². The Morgan fingerprint density at radius 3 is 2.81 bits per heavy atom. The lowest BCUT2D eigenvalue weighted by molar-refractivity contribution is 0.0521. The molecule has 3 fully saturated rings. The molecule has 3 atom stereocenters. The molecular formula is C22H35ClN2O2. The highest BCUT2D eigenvalue weighted by Gasteiger charge is 2.39. The lowest BCUT2D eigenvalue weighted by Gasteiger charge is -2.36. The minimum Gasteiger partial charge on any atom is -0.497 e. The molecule has 27 heavy (non-hydrogen) atoms. The third kappa shape index (κ3) is 4.61. The van der Waals surface area contributed by atoms with Crippen molar-refractivity contribution >= 4 is 12.4 Å². The average molecular weight is 395 g/mol. The number of rotatable bonds is 6. The second kappa shape index (κ2) is 9.60. The average Bonchev–Trinajstić information content (AvgIpc) is 3.37. The second-order valence-electron chi connectivity index (χ2n) is 8.44. The topological polar surface area (TPSA) is 42.5 Å². The molecule has 1 saturated heterocycles. The molecule has 1 aromatic rings. The minimum absolute atomic E-state index is 0. The van der Waals surface area contributed by atoms with Gasteiger partial charge in [0.15, 0.2) is 0 Å². The maximum absolute atomic E-state index is 5.73. The summed E-state index contributed by atoms with van der Waals surface area (Å²) in [6.45, 7) is 3.83. The molecule has 0 amide bonds. The summed E-state index contributed by atoms with van der Waals surface area (Å²) in [7, 11) is 1.76. The van der Waals surface area contributed by atoms with Gasteiger partial charge < -0.3 is 20.1 Å². The SMILES string of the molecule is COc1cccc(C2(CNC3CCCC3C3COCCN3)CCCC2)c1.Cl. The van der Waals surface area contributed by atoms with Crippen LogP contribution in [0, 0.1) is 5.92 Å². The molecule has 1 aromatic carbocycles. The Hall–Kier alpha value is -0.810. The zero-order valence-electron chi connectivity index (χ0n) is 16.5. The molecule has 4 nitrogen and oxygen atoms in total. The highest BCUT2D eigenvalue weighted by molar-refractivity contribution is 5.85. The molecule has 1 aliphatic heterocycles.